The van der Waals surface area contributed by atoms with Crippen LogP contribution in [0, 0.1) is 0 Å². The lowest BCUT2D eigenvalue weighted by Gasteiger charge is -2.24. The van der Waals surface area contributed by atoms with Crippen LogP contribution in [0.1, 0.15) is 37.4 Å². The smallest absolute Gasteiger partial charge is 0.306 e. The molecule has 1 heterocycles. The summed E-state index contributed by atoms with van der Waals surface area (Å²) in [6, 6.07) is 15.9. The first kappa shape index (κ1) is 17.7. The fourth-order valence-corrected chi connectivity index (χ4v) is 3.75. The second-order valence-corrected chi connectivity index (χ2v) is 7.07. The zero-order chi connectivity index (χ0) is 18.0. The number of carbonyl (C=O) groups is 1. The molecule has 1 aromatic heterocycles. The average Bonchev–Trinajstić information content (AvgIpc) is 2.92. The summed E-state index contributed by atoms with van der Waals surface area (Å²) in [6.45, 7) is 4.16. The number of para-hydroxylation sites is 2. The van der Waals surface area contributed by atoms with E-state index >= 15 is 0 Å². The van der Waals surface area contributed by atoms with Gasteiger partial charge in [0.1, 0.15) is 0 Å². The van der Waals surface area contributed by atoms with E-state index in [0.29, 0.717) is 6.54 Å². The van der Waals surface area contributed by atoms with Gasteiger partial charge >= 0.3 is 5.69 Å². The van der Waals surface area contributed by atoms with Crippen LogP contribution in [0.25, 0.3) is 11.0 Å². The van der Waals surface area contributed by atoms with Crippen LogP contribution in [0.3, 0.4) is 0 Å². The lowest BCUT2D eigenvalue weighted by molar-refractivity contribution is -0.124. The molecule has 2 aromatic carbocycles. The summed E-state index contributed by atoms with van der Waals surface area (Å²) in [5, 5.41) is 0. The molecule has 0 unspecified atom stereocenters. The van der Waals surface area contributed by atoms with Gasteiger partial charge in [-0.1, -0.05) is 43.3 Å². The lowest BCUT2D eigenvalue weighted by Crippen LogP contribution is -2.23. The molecule has 3 aromatic rings. The minimum Gasteiger partial charge on any atom is -0.306 e. The number of hydrogen-bond acceptors (Lipinski definition) is 2. The van der Waals surface area contributed by atoms with Gasteiger partial charge in [0.2, 0.25) is 5.91 Å². The molecular weight excluding hydrogens is 429 g/mol. The van der Waals surface area contributed by atoms with Crippen molar-refractivity contribution >= 4 is 39.8 Å². The van der Waals surface area contributed by atoms with Crippen LogP contribution in [0.5, 0.6) is 0 Å². The number of halogens is 1. The van der Waals surface area contributed by atoms with Crippen LogP contribution in [-0.2, 0) is 11.3 Å². The molecule has 1 atom stereocenters. The van der Waals surface area contributed by atoms with E-state index in [0.717, 1.165) is 28.6 Å². The Balaban J connectivity index is 1.86. The van der Waals surface area contributed by atoms with Crippen LogP contribution in [0.2, 0.25) is 0 Å². The molecular formula is C19H20IN3O2. The number of nitrogens with one attached hydrogen (secondary N) is 1. The highest BCUT2D eigenvalue weighted by Crippen LogP contribution is 2.27. The maximum absolute atomic E-state index is 12.2. The topological polar surface area (TPSA) is 58.1 Å². The molecule has 6 heteroatoms. The quantitative estimate of drug-likeness (QED) is 0.473. The molecule has 0 fully saturated rings. The summed E-state index contributed by atoms with van der Waals surface area (Å²) in [5.41, 5.74) is 3.79. The Kier molecular flexibility index (Phi) is 5.27. The van der Waals surface area contributed by atoms with Gasteiger partial charge in [-0.05, 0) is 29.7 Å². The van der Waals surface area contributed by atoms with Gasteiger partial charge in [0.15, 0.2) is 0 Å². The van der Waals surface area contributed by atoms with Crippen molar-refractivity contribution in [2.75, 3.05) is 0 Å². The van der Waals surface area contributed by atoms with Gasteiger partial charge in [-0.3, -0.25) is 12.5 Å². The summed E-state index contributed by atoms with van der Waals surface area (Å²) in [7, 11) is 0. The third kappa shape index (κ3) is 3.63. The van der Waals surface area contributed by atoms with E-state index in [-0.39, 0.29) is 17.6 Å². The van der Waals surface area contributed by atoms with Gasteiger partial charge in [0.25, 0.3) is 0 Å². The normalized spacial score (nSPS) is 12.3. The van der Waals surface area contributed by atoms with Gasteiger partial charge in [-0.2, -0.15) is 0 Å². The van der Waals surface area contributed by atoms with Gasteiger partial charge in [0.05, 0.1) is 46.5 Å². The van der Waals surface area contributed by atoms with Gasteiger partial charge in [-0.25, -0.2) is 4.79 Å². The molecule has 1 amide bonds. The summed E-state index contributed by atoms with van der Waals surface area (Å²) >= 11 is 2.07. The van der Waals surface area contributed by atoms with Crippen LogP contribution < -0.4 is 5.69 Å². The van der Waals surface area contributed by atoms with Crippen molar-refractivity contribution in [2.24, 2.45) is 0 Å². The van der Waals surface area contributed by atoms with Gasteiger partial charge < -0.3 is 4.98 Å². The number of amides is 1. The molecule has 0 aliphatic heterocycles. The van der Waals surface area contributed by atoms with E-state index in [1.807, 2.05) is 48.5 Å². The van der Waals surface area contributed by atoms with Crippen LogP contribution >= 0.6 is 22.9 Å². The fraction of sp³-hybridized carbons (Fsp3) is 0.263. The number of H-pyrrole nitrogens is 1. The number of rotatable bonds is 5. The molecule has 0 saturated carbocycles. The summed E-state index contributed by atoms with van der Waals surface area (Å²) in [6.07, 6.45) is 0.851. The molecule has 3 rings (SSSR count). The Labute approximate surface area is 160 Å². The predicted molar refractivity (Wildman–Crippen MR) is 108 cm³/mol. The molecule has 0 aliphatic rings. The Morgan fingerprint density at radius 1 is 1.20 bits per heavy atom. The molecule has 0 spiro atoms. The second-order valence-electron chi connectivity index (χ2n) is 6.03. The van der Waals surface area contributed by atoms with Gasteiger partial charge in [-0.15, -0.1) is 0 Å². The van der Waals surface area contributed by atoms with Crippen molar-refractivity contribution in [3.63, 3.8) is 0 Å². The van der Waals surface area contributed by atoms with E-state index in [1.54, 1.807) is 14.6 Å². The zero-order valence-electron chi connectivity index (χ0n) is 14.2. The number of fused-ring (bicyclic) bond motifs is 1. The molecule has 130 valence electrons. The Morgan fingerprint density at radius 3 is 2.52 bits per heavy atom. The number of benzene rings is 2. The molecule has 0 bridgehead atoms. The summed E-state index contributed by atoms with van der Waals surface area (Å²) in [5.74, 6) is 0.0434. The van der Waals surface area contributed by atoms with E-state index in [9.17, 15) is 9.59 Å². The fourth-order valence-electron chi connectivity index (χ4n) is 3.04. The summed E-state index contributed by atoms with van der Waals surface area (Å²) in [4.78, 5) is 26.7. The van der Waals surface area contributed by atoms with Crippen molar-refractivity contribution < 1.29 is 4.79 Å². The Hall–Kier alpha value is -2.09. The molecule has 0 saturated heterocycles. The molecule has 1 N–H and O–H groups in total. The maximum Gasteiger partial charge on any atom is 0.326 e. The highest BCUT2D eigenvalue weighted by atomic mass is 127. The van der Waals surface area contributed by atoms with E-state index in [4.69, 9.17) is 0 Å². The number of nitrogens with zero attached hydrogens (tertiary/aromatic N) is 2. The largest absolute Gasteiger partial charge is 0.326 e. The van der Waals surface area contributed by atoms with E-state index < -0.39 is 0 Å². The van der Waals surface area contributed by atoms with Crippen molar-refractivity contribution in [3.8, 4) is 0 Å². The minimum atomic E-state index is -0.105. The Bertz CT molecular complexity index is 943. The standard InChI is InChI=1S/C19H20IN3O2/c1-3-17(23(20)13(2)24)15-10-8-14(9-11-15)12-22-18-7-5-4-6-16(18)21-19(22)25/h4-11,17H,3,12H2,1-2H3,(H,21,25)/t17-/m1/s1. The lowest BCUT2D eigenvalue weighted by atomic mass is 10.0. The number of carbonyl (C=O) groups excluding carboxylic acids is 1. The number of imidazole rings is 1. The number of aromatic nitrogens is 2. The minimum absolute atomic E-state index is 0.0434. The zero-order valence-corrected chi connectivity index (χ0v) is 16.4. The van der Waals surface area contributed by atoms with Crippen molar-refractivity contribution in [2.45, 2.75) is 32.9 Å². The molecule has 5 nitrogen and oxygen atoms in total. The predicted octanol–water partition coefficient (Wildman–Crippen LogP) is 4.03. The summed E-state index contributed by atoms with van der Waals surface area (Å²) < 4.78 is 3.47. The highest BCUT2D eigenvalue weighted by Gasteiger charge is 2.18. The van der Waals surface area contributed by atoms with Crippen LogP contribution in [-0.4, -0.2) is 18.6 Å². The van der Waals surface area contributed by atoms with Gasteiger partial charge in [0, 0.05) is 6.92 Å². The van der Waals surface area contributed by atoms with Crippen molar-refractivity contribution in [1.82, 2.24) is 12.7 Å². The second kappa shape index (κ2) is 7.43. The average molecular weight is 449 g/mol. The number of hydrogen-bond donors (Lipinski definition) is 1. The number of aromatic amines is 1. The third-order valence-corrected chi connectivity index (χ3v) is 5.70. The first-order valence-electron chi connectivity index (χ1n) is 8.23. The first-order valence-corrected chi connectivity index (χ1v) is 9.19. The van der Waals surface area contributed by atoms with Crippen LogP contribution in [0.15, 0.2) is 53.3 Å². The Morgan fingerprint density at radius 2 is 1.88 bits per heavy atom. The van der Waals surface area contributed by atoms with Crippen molar-refractivity contribution in [1.29, 1.82) is 0 Å². The van der Waals surface area contributed by atoms with E-state index in [2.05, 4.69) is 34.8 Å². The van der Waals surface area contributed by atoms with Crippen LogP contribution in [0.4, 0.5) is 0 Å². The SMILES string of the molecule is CC[C@H](c1ccc(Cn2c(=O)[nH]c3ccccc32)cc1)N(I)C(C)=O. The molecule has 25 heavy (non-hydrogen) atoms. The molecule has 0 aliphatic carbocycles. The molecule has 0 radical (unpaired) electrons. The van der Waals surface area contributed by atoms with E-state index in [1.165, 1.54) is 0 Å². The highest BCUT2D eigenvalue weighted by molar-refractivity contribution is 14.1. The third-order valence-electron chi connectivity index (χ3n) is 4.35. The maximum atomic E-state index is 12.2. The van der Waals surface area contributed by atoms with Crippen molar-refractivity contribution in [3.05, 3.63) is 70.1 Å². The first-order chi connectivity index (χ1) is 12.0. The monoisotopic (exact) mass is 449 g/mol.